The van der Waals surface area contributed by atoms with E-state index in [9.17, 15) is 9.59 Å². The number of nitrogens with one attached hydrogen (secondary N) is 1. The summed E-state index contributed by atoms with van der Waals surface area (Å²) in [5.74, 6) is -0.0559. The maximum absolute atomic E-state index is 12.7. The van der Waals surface area contributed by atoms with E-state index in [1.807, 2.05) is 23.1 Å². The van der Waals surface area contributed by atoms with E-state index in [0.717, 1.165) is 25.9 Å². The zero-order valence-corrected chi connectivity index (χ0v) is 15.9. The Bertz CT molecular complexity index is 751. The predicted molar refractivity (Wildman–Crippen MR) is 108 cm³/mol. The van der Waals surface area contributed by atoms with Gasteiger partial charge in [0, 0.05) is 49.5 Å². The highest BCUT2D eigenvalue weighted by Gasteiger charge is 2.22. The number of carbonyl (C=O) groups is 2. The molecule has 0 saturated carbocycles. The van der Waals surface area contributed by atoms with Crippen LogP contribution in [0.5, 0.6) is 0 Å². The molecule has 3 rings (SSSR count). The van der Waals surface area contributed by atoms with Crippen LogP contribution in [0.1, 0.15) is 40.5 Å². The third-order valence-corrected chi connectivity index (χ3v) is 4.90. The first-order valence-electron chi connectivity index (χ1n) is 9.66. The normalized spacial score (nSPS) is 14.1. The van der Waals surface area contributed by atoms with Gasteiger partial charge in [0.05, 0.1) is 0 Å². The van der Waals surface area contributed by atoms with Crippen LogP contribution in [0.25, 0.3) is 0 Å². The van der Waals surface area contributed by atoms with Crippen molar-refractivity contribution in [3.63, 3.8) is 0 Å². The van der Waals surface area contributed by atoms with Crippen LogP contribution in [0.3, 0.4) is 0 Å². The Morgan fingerprint density at radius 2 is 1.52 bits per heavy atom. The van der Waals surface area contributed by atoms with Gasteiger partial charge in [-0.3, -0.25) is 9.59 Å². The van der Waals surface area contributed by atoms with Gasteiger partial charge >= 0.3 is 0 Å². The molecular weight excluding hydrogens is 338 g/mol. The van der Waals surface area contributed by atoms with Crippen molar-refractivity contribution in [2.24, 2.45) is 0 Å². The van der Waals surface area contributed by atoms with Gasteiger partial charge in [-0.2, -0.15) is 0 Å². The van der Waals surface area contributed by atoms with E-state index in [2.05, 4.69) is 29.3 Å². The van der Waals surface area contributed by atoms with E-state index in [0.29, 0.717) is 30.8 Å². The first kappa shape index (κ1) is 19.0. The molecule has 0 aromatic heterocycles. The van der Waals surface area contributed by atoms with Gasteiger partial charge in [0.15, 0.2) is 0 Å². The van der Waals surface area contributed by atoms with E-state index in [1.165, 1.54) is 5.69 Å². The van der Waals surface area contributed by atoms with Crippen LogP contribution in [0.2, 0.25) is 0 Å². The molecule has 2 aromatic rings. The second-order valence-corrected chi connectivity index (χ2v) is 6.80. The Morgan fingerprint density at radius 3 is 2.15 bits per heavy atom. The molecule has 2 aromatic carbocycles. The predicted octanol–water partition coefficient (Wildman–Crippen LogP) is 3.18. The lowest BCUT2D eigenvalue weighted by Gasteiger charge is -2.36. The van der Waals surface area contributed by atoms with Crippen molar-refractivity contribution in [1.82, 2.24) is 10.2 Å². The van der Waals surface area contributed by atoms with Gasteiger partial charge in [0.1, 0.15) is 0 Å². The molecule has 0 radical (unpaired) electrons. The summed E-state index contributed by atoms with van der Waals surface area (Å²) in [5.41, 5.74) is 2.42. The monoisotopic (exact) mass is 365 g/mol. The lowest BCUT2D eigenvalue weighted by molar-refractivity contribution is 0.0746. The lowest BCUT2D eigenvalue weighted by Crippen LogP contribution is -2.48. The van der Waals surface area contributed by atoms with Crippen molar-refractivity contribution < 1.29 is 9.59 Å². The van der Waals surface area contributed by atoms with Gasteiger partial charge in [0.25, 0.3) is 11.8 Å². The van der Waals surface area contributed by atoms with Crippen molar-refractivity contribution in [3.05, 3.63) is 65.7 Å². The third-order valence-electron chi connectivity index (χ3n) is 4.90. The molecule has 1 N–H and O–H groups in total. The number of hydrogen-bond donors (Lipinski definition) is 1. The Hall–Kier alpha value is -2.82. The molecule has 0 atom stereocenters. The highest BCUT2D eigenvalue weighted by atomic mass is 16.2. The molecule has 1 heterocycles. The molecule has 0 bridgehead atoms. The first-order chi connectivity index (χ1) is 13.2. The average molecular weight is 365 g/mol. The molecule has 142 valence electrons. The number of rotatable bonds is 6. The van der Waals surface area contributed by atoms with Gasteiger partial charge in [-0.05, 0) is 42.8 Å². The fraction of sp³-hybridized carbons (Fsp3) is 0.364. The van der Waals surface area contributed by atoms with Gasteiger partial charge in [-0.15, -0.1) is 0 Å². The third kappa shape index (κ3) is 4.88. The van der Waals surface area contributed by atoms with Crippen molar-refractivity contribution in [2.45, 2.75) is 19.8 Å². The number of anilines is 1. The van der Waals surface area contributed by atoms with Crippen molar-refractivity contribution in [2.75, 3.05) is 37.6 Å². The molecule has 5 heteroatoms. The van der Waals surface area contributed by atoms with E-state index in [-0.39, 0.29) is 11.8 Å². The molecule has 27 heavy (non-hydrogen) atoms. The van der Waals surface area contributed by atoms with E-state index in [1.54, 1.807) is 24.3 Å². The average Bonchev–Trinajstić information content (AvgIpc) is 2.74. The number of amides is 2. The summed E-state index contributed by atoms with van der Waals surface area (Å²) >= 11 is 0. The Kier molecular flexibility index (Phi) is 6.47. The van der Waals surface area contributed by atoms with Crippen LogP contribution in [0, 0.1) is 0 Å². The molecule has 2 amide bonds. The fourth-order valence-corrected chi connectivity index (χ4v) is 3.23. The molecule has 1 fully saturated rings. The minimum Gasteiger partial charge on any atom is -0.368 e. The number of carbonyl (C=O) groups excluding carboxylic acids is 2. The largest absolute Gasteiger partial charge is 0.368 e. The van der Waals surface area contributed by atoms with Crippen LogP contribution in [0.15, 0.2) is 54.6 Å². The number of para-hydroxylation sites is 1. The van der Waals surface area contributed by atoms with E-state index >= 15 is 0 Å². The highest BCUT2D eigenvalue weighted by Crippen LogP contribution is 2.17. The molecule has 0 spiro atoms. The summed E-state index contributed by atoms with van der Waals surface area (Å²) in [7, 11) is 0. The molecule has 1 aliphatic heterocycles. The van der Waals surface area contributed by atoms with Crippen LogP contribution in [-0.2, 0) is 0 Å². The van der Waals surface area contributed by atoms with Crippen molar-refractivity contribution in [1.29, 1.82) is 0 Å². The Morgan fingerprint density at radius 1 is 0.889 bits per heavy atom. The number of hydrogen-bond acceptors (Lipinski definition) is 3. The molecular formula is C22H27N3O2. The highest BCUT2D eigenvalue weighted by molar-refractivity contribution is 5.97. The number of piperazine rings is 1. The molecule has 1 aliphatic rings. The van der Waals surface area contributed by atoms with Gasteiger partial charge < -0.3 is 15.1 Å². The minimum atomic E-state index is -0.0843. The van der Waals surface area contributed by atoms with Gasteiger partial charge in [-0.25, -0.2) is 0 Å². The summed E-state index contributed by atoms with van der Waals surface area (Å²) in [5, 5.41) is 2.89. The topological polar surface area (TPSA) is 52.7 Å². The number of benzene rings is 2. The standard InChI is InChI=1S/C22H27N3O2/c1-2-3-13-23-21(26)18-9-11-19(12-10-18)22(27)25-16-14-24(15-17-25)20-7-5-4-6-8-20/h4-12H,2-3,13-17H2,1H3,(H,23,26). The van der Waals surface area contributed by atoms with Gasteiger partial charge in [0.2, 0.25) is 0 Å². The quantitative estimate of drug-likeness (QED) is 0.800. The fourth-order valence-electron chi connectivity index (χ4n) is 3.23. The van der Waals surface area contributed by atoms with Crippen LogP contribution < -0.4 is 10.2 Å². The summed E-state index contributed by atoms with van der Waals surface area (Å²) in [6.07, 6.45) is 2.02. The molecule has 5 nitrogen and oxygen atoms in total. The van der Waals surface area contributed by atoms with Crippen LogP contribution in [0.4, 0.5) is 5.69 Å². The molecule has 0 unspecified atom stereocenters. The van der Waals surface area contributed by atoms with E-state index in [4.69, 9.17) is 0 Å². The zero-order valence-electron chi connectivity index (χ0n) is 15.9. The summed E-state index contributed by atoms with van der Waals surface area (Å²) in [4.78, 5) is 29.0. The maximum Gasteiger partial charge on any atom is 0.253 e. The minimum absolute atomic E-state index is 0.0284. The SMILES string of the molecule is CCCCNC(=O)c1ccc(C(=O)N2CCN(c3ccccc3)CC2)cc1. The summed E-state index contributed by atoms with van der Waals surface area (Å²) in [6.45, 7) is 5.83. The van der Waals surface area contributed by atoms with Crippen molar-refractivity contribution in [3.8, 4) is 0 Å². The summed E-state index contributed by atoms with van der Waals surface area (Å²) in [6, 6.07) is 17.2. The van der Waals surface area contributed by atoms with Crippen molar-refractivity contribution >= 4 is 17.5 Å². The maximum atomic E-state index is 12.7. The van der Waals surface area contributed by atoms with Crippen LogP contribution in [-0.4, -0.2) is 49.4 Å². The molecule has 1 saturated heterocycles. The zero-order chi connectivity index (χ0) is 19.1. The summed E-state index contributed by atoms with van der Waals surface area (Å²) < 4.78 is 0. The second kappa shape index (κ2) is 9.21. The first-order valence-corrected chi connectivity index (χ1v) is 9.66. The van der Waals surface area contributed by atoms with E-state index < -0.39 is 0 Å². The molecule has 0 aliphatic carbocycles. The Labute approximate surface area is 161 Å². The second-order valence-electron chi connectivity index (χ2n) is 6.80. The van der Waals surface area contributed by atoms with Crippen LogP contribution >= 0.6 is 0 Å². The lowest BCUT2D eigenvalue weighted by atomic mass is 10.1. The Balaban J connectivity index is 1.54. The number of nitrogens with zero attached hydrogens (tertiary/aromatic N) is 2. The van der Waals surface area contributed by atoms with Gasteiger partial charge in [-0.1, -0.05) is 31.5 Å². The smallest absolute Gasteiger partial charge is 0.253 e. The number of unbranched alkanes of at least 4 members (excludes halogenated alkanes) is 1.